The Labute approximate surface area is 125 Å². The molecule has 1 heterocycles. The molecule has 1 aromatic carbocycles. The van der Waals surface area contributed by atoms with Crippen LogP contribution in [-0.4, -0.2) is 15.2 Å². The van der Waals surface area contributed by atoms with Crippen molar-refractivity contribution in [3.63, 3.8) is 0 Å². The van der Waals surface area contributed by atoms with E-state index in [0.29, 0.717) is 10.9 Å². The highest BCUT2D eigenvalue weighted by atomic mass is 79.9. The van der Waals surface area contributed by atoms with E-state index < -0.39 is 0 Å². The van der Waals surface area contributed by atoms with Crippen molar-refractivity contribution in [2.75, 3.05) is 0 Å². The van der Waals surface area contributed by atoms with Crippen molar-refractivity contribution in [3.8, 4) is 11.4 Å². The third kappa shape index (κ3) is 3.00. The number of H-pyrrole nitrogens is 1. The van der Waals surface area contributed by atoms with E-state index in [1.54, 1.807) is 0 Å². The van der Waals surface area contributed by atoms with Gasteiger partial charge in [-0.25, -0.2) is 4.98 Å². The molecule has 19 heavy (non-hydrogen) atoms. The Morgan fingerprint density at radius 2 is 1.95 bits per heavy atom. The van der Waals surface area contributed by atoms with E-state index in [1.165, 1.54) is 32.1 Å². The summed E-state index contributed by atoms with van der Waals surface area (Å²) in [4.78, 5) is 4.64. The minimum atomic E-state index is 0.539. The summed E-state index contributed by atoms with van der Waals surface area (Å²) in [6.45, 7) is 0. The Morgan fingerprint density at radius 3 is 2.68 bits per heavy atom. The van der Waals surface area contributed by atoms with E-state index in [4.69, 9.17) is 11.6 Å². The molecule has 1 saturated carbocycles. The van der Waals surface area contributed by atoms with Gasteiger partial charge in [0, 0.05) is 21.0 Å². The molecule has 1 fully saturated rings. The summed E-state index contributed by atoms with van der Waals surface area (Å²) in [5, 5.41) is 8.11. The van der Waals surface area contributed by atoms with Gasteiger partial charge in [-0.3, -0.25) is 5.10 Å². The molecule has 0 amide bonds. The van der Waals surface area contributed by atoms with Gasteiger partial charge in [-0.15, -0.1) is 0 Å². The lowest BCUT2D eigenvalue weighted by Gasteiger charge is -2.18. The van der Waals surface area contributed by atoms with E-state index in [0.717, 1.165) is 21.7 Å². The monoisotopic (exact) mass is 339 g/mol. The molecular formula is C14H15BrClN3. The number of hydrogen-bond donors (Lipinski definition) is 1. The van der Waals surface area contributed by atoms with Gasteiger partial charge in [-0.05, 0) is 31.0 Å². The molecule has 5 heteroatoms. The van der Waals surface area contributed by atoms with Crippen LogP contribution >= 0.6 is 27.5 Å². The second-order valence-corrected chi connectivity index (χ2v) is 6.39. The summed E-state index contributed by atoms with van der Waals surface area (Å²) in [6, 6.07) is 5.74. The van der Waals surface area contributed by atoms with E-state index in [1.807, 2.05) is 18.2 Å². The summed E-state index contributed by atoms with van der Waals surface area (Å²) in [6.07, 6.45) is 6.37. The van der Waals surface area contributed by atoms with Crippen LogP contribution in [-0.2, 0) is 0 Å². The zero-order valence-corrected chi connectivity index (χ0v) is 12.8. The minimum Gasteiger partial charge on any atom is -0.262 e. The van der Waals surface area contributed by atoms with Gasteiger partial charge >= 0.3 is 0 Å². The van der Waals surface area contributed by atoms with Gasteiger partial charge in [0.2, 0.25) is 0 Å². The quantitative estimate of drug-likeness (QED) is 0.841. The molecule has 0 saturated heterocycles. The van der Waals surface area contributed by atoms with E-state index in [2.05, 4.69) is 31.1 Å². The lowest BCUT2D eigenvalue weighted by atomic mass is 9.89. The maximum atomic E-state index is 6.06. The predicted octanol–water partition coefficient (Wildman–Crippen LogP) is 4.94. The first-order valence-corrected chi connectivity index (χ1v) is 7.78. The Hall–Kier alpha value is -0.870. The third-order valence-corrected chi connectivity index (χ3v) is 4.29. The maximum absolute atomic E-state index is 6.06. The lowest BCUT2D eigenvalue weighted by molar-refractivity contribution is 0.429. The molecule has 3 rings (SSSR count). The second-order valence-electron chi connectivity index (χ2n) is 5.04. The first-order valence-electron chi connectivity index (χ1n) is 6.61. The summed E-state index contributed by atoms with van der Waals surface area (Å²) in [7, 11) is 0. The molecule has 1 aliphatic rings. The molecule has 0 unspecified atom stereocenters. The molecule has 0 bridgehead atoms. The van der Waals surface area contributed by atoms with Crippen molar-refractivity contribution in [2.45, 2.75) is 38.0 Å². The zero-order chi connectivity index (χ0) is 13.2. The number of aromatic amines is 1. The fraction of sp³-hybridized carbons (Fsp3) is 0.429. The van der Waals surface area contributed by atoms with Crippen LogP contribution in [0.15, 0.2) is 22.7 Å². The highest BCUT2D eigenvalue weighted by Gasteiger charge is 2.19. The average Bonchev–Trinajstić information content (AvgIpc) is 2.88. The number of nitrogens with one attached hydrogen (secondary N) is 1. The van der Waals surface area contributed by atoms with Crippen LogP contribution in [0.3, 0.4) is 0 Å². The van der Waals surface area contributed by atoms with E-state index >= 15 is 0 Å². The fourth-order valence-electron chi connectivity index (χ4n) is 2.64. The van der Waals surface area contributed by atoms with Crippen LogP contribution in [0, 0.1) is 0 Å². The first kappa shape index (κ1) is 13.1. The van der Waals surface area contributed by atoms with Crippen LogP contribution in [0.2, 0.25) is 5.02 Å². The minimum absolute atomic E-state index is 0.539. The highest BCUT2D eigenvalue weighted by molar-refractivity contribution is 9.10. The van der Waals surface area contributed by atoms with E-state index in [-0.39, 0.29) is 0 Å². The number of nitrogens with zero attached hydrogens (tertiary/aromatic N) is 2. The Kier molecular flexibility index (Phi) is 3.89. The second kappa shape index (κ2) is 5.63. The molecule has 100 valence electrons. The summed E-state index contributed by atoms with van der Waals surface area (Å²) >= 11 is 9.50. The standard InChI is InChI=1S/C14H15BrClN3/c15-11-6-10(7-12(16)8-11)14-17-13(18-19-14)9-4-2-1-3-5-9/h6-9H,1-5H2,(H,17,18,19). The van der Waals surface area contributed by atoms with Gasteiger partial charge in [0.25, 0.3) is 0 Å². The smallest absolute Gasteiger partial charge is 0.181 e. The lowest BCUT2D eigenvalue weighted by Crippen LogP contribution is -2.06. The topological polar surface area (TPSA) is 41.6 Å². The fourth-order valence-corrected chi connectivity index (χ4v) is 3.51. The Bertz CT molecular complexity index is 556. The molecule has 2 aromatic rings. The number of rotatable bonds is 2. The van der Waals surface area contributed by atoms with Crippen LogP contribution < -0.4 is 0 Å². The Balaban J connectivity index is 1.87. The molecule has 0 atom stereocenters. The molecular weight excluding hydrogens is 326 g/mol. The van der Waals surface area contributed by atoms with Crippen molar-refractivity contribution in [1.29, 1.82) is 0 Å². The molecule has 0 aliphatic heterocycles. The predicted molar refractivity (Wildman–Crippen MR) is 80.4 cm³/mol. The van der Waals surface area contributed by atoms with Gasteiger partial charge in [0.05, 0.1) is 0 Å². The normalized spacial score (nSPS) is 16.7. The van der Waals surface area contributed by atoms with Crippen LogP contribution in [0.1, 0.15) is 43.8 Å². The van der Waals surface area contributed by atoms with Crippen LogP contribution in [0.4, 0.5) is 0 Å². The van der Waals surface area contributed by atoms with Crippen molar-refractivity contribution < 1.29 is 0 Å². The largest absolute Gasteiger partial charge is 0.262 e. The van der Waals surface area contributed by atoms with Gasteiger partial charge in [-0.1, -0.05) is 46.8 Å². The zero-order valence-electron chi connectivity index (χ0n) is 10.5. The average molecular weight is 341 g/mol. The number of halogens is 2. The van der Waals surface area contributed by atoms with Gasteiger partial charge < -0.3 is 0 Å². The number of aromatic nitrogens is 3. The van der Waals surface area contributed by atoms with Gasteiger partial charge in [0.1, 0.15) is 5.82 Å². The van der Waals surface area contributed by atoms with Crippen molar-refractivity contribution in [1.82, 2.24) is 15.2 Å². The molecule has 1 aromatic heterocycles. The van der Waals surface area contributed by atoms with Crippen LogP contribution in [0.5, 0.6) is 0 Å². The molecule has 0 radical (unpaired) electrons. The van der Waals surface area contributed by atoms with Crippen molar-refractivity contribution >= 4 is 27.5 Å². The van der Waals surface area contributed by atoms with Crippen LogP contribution in [0.25, 0.3) is 11.4 Å². The summed E-state index contributed by atoms with van der Waals surface area (Å²) in [5.41, 5.74) is 0.942. The maximum Gasteiger partial charge on any atom is 0.181 e. The highest BCUT2D eigenvalue weighted by Crippen LogP contribution is 2.32. The number of hydrogen-bond acceptors (Lipinski definition) is 2. The SMILES string of the molecule is Clc1cc(Br)cc(-c2n[nH]c(C3CCCCC3)n2)c1. The first-order chi connectivity index (χ1) is 9.22. The summed E-state index contributed by atoms with van der Waals surface area (Å²) in [5.74, 6) is 2.28. The summed E-state index contributed by atoms with van der Waals surface area (Å²) < 4.78 is 0.944. The third-order valence-electron chi connectivity index (χ3n) is 3.62. The molecule has 0 spiro atoms. The number of benzene rings is 1. The molecule has 1 aliphatic carbocycles. The van der Waals surface area contributed by atoms with Crippen molar-refractivity contribution in [2.24, 2.45) is 0 Å². The van der Waals surface area contributed by atoms with Crippen molar-refractivity contribution in [3.05, 3.63) is 33.5 Å². The van der Waals surface area contributed by atoms with E-state index in [9.17, 15) is 0 Å². The molecule has 3 nitrogen and oxygen atoms in total. The van der Waals surface area contributed by atoms with Gasteiger partial charge in [-0.2, -0.15) is 5.10 Å². The Morgan fingerprint density at radius 1 is 1.16 bits per heavy atom. The van der Waals surface area contributed by atoms with Gasteiger partial charge in [0.15, 0.2) is 5.82 Å². The molecule has 1 N–H and O–H groups in total.